The SMILES string of the molecule is CC(=O)c1cn(C2CC2)c2cc(Br)ccc12. The second kappa shape index (κ2) is 3.45. The Hall–Kier alpha value is -1.09. The van der Waals surface area contributed by atoms with Gasteiger partial charge in [0.1, 0.15) is 0 Å². The lowest BCUT2D eigenvalue weighted by atomic mass is 10.1. The van der Waals surface area contributed by atoms with Crippen molar-refractivity contribution < 1.29 is 4.79 Å². The van der Waals surface area contributed by atoms with Gasteiger partial charge in [0, 0.05) is 27.7 Å². The van der Waals surface area contributed by atoms with E-state index in [1.807, 2.05) is 18.3 Å². The van der Waals surface area contributed by atoms with Crippen LogP contribution in [0.4, 0.5) is 0 Å². The first-order valence-corrected chi connectivity index (χ1v) is 6.27. The standard InChI is InChI=1S/C13H12BrNO/c1-8(16)12-7-15(10-3-4-10)13-6-9(14)2-5-11(12)13/h2,5-7,10H,3-4H2,1H3. The molecule has 3 rings (SSSR count). The zero-order valence-corrected chi connectivity index (χ0v) is 10.6. The maximum Gasteiger partial charge on any atom is 0.161 e. The summed E-state index contributed by atoms with van der Waals surface area (Å²) < 4.78 is 3.31. The molecule has 2 aromatic rings. The lowest BCUT2D eigenvalue weighted by Gasteiger charge is -2.01. The van der Waals surface area contributed by atoms with Gasteiger partial charge >= 0.3 is 0 Å². The van der Waals surface area contributed by atoms with E-state index in [-0.39, 0.29) is 5.78 Å². The van der Waals surface area contributed by atoms with Crippen molar-refractivity contribution in [3.05, 3.63) is 34.4 Å². The van der Waals surface area contributed by atoms with Crippen LogP contribution in [0.15, 0.2) is 28.9 Å². The molecular formula is C13H12BrNO. The largest absolute Gasteiger partial charge is 0.344 e. The molecule has 16 heavy (non-hydrogen) atoms. The van der Waals surface area contributed by atoms with E-state index in [0.717, 1.165) is 15.4 Å². The third-order valence-corrected chi connectivity index (χ3v) is 3.61. The van der Waals surface area contributed by atoms with Gasteiger partial charge in [-0.25, -0.2) is 0 Å². The summed E-state index contributed by atoms with van der Waals surface area (Å²) in [6.07, 6.45) is 4.47. The molecule has 1 aromatic heterocycles. The molecule has 0 aliphatic heterocycles. The topological polar surface area (TPSA) is 22.0 Å². The first-order valence-electron chi connectivity index (χ1n) is 5.48. The number of benzene rings is 1. The number of carbonyl (C=O) groups excluding carboxylic acids is 1. The molecule has 0 atom stereocenters. The number of ketones is 1. The zero-order valence-electron chi connectivity index (χ0n) is 9.03. The highest BCUT2D eigenvalue weighted by Crippen LogP contribution is 2.39. The number of Topliss-reactive ketones (excluding diaryl/α,β-unsaturated/α-hetero) is 1. The van der Waals surface area contributed by atoms with Crippen molar-refractivity contribution >= 4 is 32.6 Å². The Morgan fingerprint density at radius 3 is 2.81 bits per heavy atom. The van der Waals surface area contributed by atoms with Crippen LogP contribution in [-0.4, -0.2) is 10.4 Å². The van der Waals surface area contributed by atoms with Gasteiger partial charge in [-0.3, -0.25) is 4.79 Å². The van der Waals surface area contributed by atoms with Gasteiger partial charge in [0.15, 0.2) is 5.78 Å². The number of halogens is 1. The van der Waals surface area contributed by atoms with Gasteiger partial charge in [-0.2, -0.15) is 0 Å². The second-order valence-electron chi connectivity index (χ2n) is 4.40. The summed E-state index contributed by atoms with van der Waals surface area (Å²) in [6.45, 7) is 1.63. The molecule has 1 aromatic carbocycles. The minimum atomic E-state index is 0.145. The Morgan fingerprint density at radius 1 is 1.44 bits per heavy atom. The number of nitrogens with zero attached hydrogens (tertiary/aromatic N) is 1. The van der Waals surface area contributed by atoms with Crippen LogP contribution in [-0.2, 0) is 0 Å². The Bertz CT molecular complexity index is 581. The van der Waals surface area contributed by atoms with Crippen LogP contribution in [0.1, 0.15) is 36.2 Å². The number of hydrogen-bond acceptors (Lipinski definition) is 1. The van der Waals surface area contributed by atoms with Crippen molar-refractivity contribution in [3.8, 4) is 0 Å². The summed E-state index contributed by atoms with van der Waals surface area (Å²) in [5.74, 6) is 0.145. The highest BCUT2D eigenvalue weighted by atomic mass is 79.9. The minimum absolute atomic E-state index is 0.145. The molecule has 0 radical (unpaired) electrons. The minimum Gasteiger partial charge on any atom is -0.344 e. The lowest BCUT2D eigenvalue weighted by Crippen LogP contribution is -1.91. The molecule has 1 saturated carbocycles. The van der Waals surface area contributed by atoms with Gasteiger partial charge in [0.25, 0.3) is 0 Å². The maximum atomic E-state index is 11.6. The Labute approximate surface area is 102 Å². The van der Waals surface area contributed by atoms with E-state index in [1.165, 1.54) is 18.4 Å². The number of fused-ring (bicyclic) bond motifs is 1. The fourth-order valence-electron chi connectivity index (χ4n) is 2.16. The predicted molar refractivity (Wildman–Crippen MR) is 67.9 cm³/mol. The molecule has 0 saturated heterocycles. The Morgan fingerprint density at radius 2 is 2.19 bits per heavy atom. The molecule has 2 nitrogen and oxygen atoms in total. The van der Waals surface area contributed by atoms with E-state index in [4.69, 9.17) is 0 Å². The number of carbonyl (C=O) groups is 1. The molecular weight excluding hydrogens is 266 g/mol. The Balaban J connectivity index is 2.32. The summed E-state index contributed by atoms with van der Waals surface area (Å²) in [4.78, 5) is 11.6. The van der Waals surface area contributed by atoms with Gasteiger partial charge in [-0.15, -0.1) is 0 Å². The first-order chi connectivity index (χ1) is 7.66. The van der Waals surface area contributed by atoms with Crippen LogP contribution in [0.2, 0.25) is 0 Å². The van der Waals surface area contributed by atoms with Crippen LogP contribution in [0.5, 0.6) is 0 Å². The zero-order chi connectivity index (χ0) is 11.3. The molecule has 0 spiro atoms. The van der Waals surface area contributed by atoms with E-state index >= 15 is 0 Å². The third-order valence-electron chi connectivity index (χ3n) is 3.12. The molecule has 3 heteroatoms. The average Bonchev–Trinajstić information content (AvgIpc) is 3.00. The van der Waals surface area contributed by atoms with Gasteiger partial charge in [0.2, 0.25) is 0 Å². The molecule has 1 fully saturated rings. The van der Waals surface area contributed by atoms with Gasteiger partial charge in [-0.1, -0.05) is 22.0 Å². The maximum absolute atomic E-state index is 11.6. The van der Waals surface area contributed by atoms with Gasteiger partial charge in [0.05, 0.1) is 5.52 Å². The molecule has 0 bridgehead atoms. The van der Waals surface area contributed by atoms with Crippen LogP contribution in [0.25, 0.3) is 10.9 Å². The highest BCUT2D eigenvalue weighted by molar-refractivity contribution is 9.10. The van der Waals surface area contributed by atoms with E-state index in [1.54, 1.807) is 6.92 Å². The van der Waals surface area contributed by atoms with Crippen molar-refractivity contribution in [2.24, 2.45) is 0 Å². The molecule has 0 unspecified atom stereocenters. The molecule has 1 heterocycles. The van der Waals surface area contributed by atoms with Crippen LogP contribution < -0.4 is 0 Å². The van der Waals surface area contributed by atoms with E-state index in [9.17, 15) is 4.79 Å². The predicted octanol–water partition coefficient (Wildman–Crippen LogP) is 3.94. The van der Waals surface area contributed by atoms with Crippen LogP contribution in [0, 0.1) is 0 Å². The number of hydrogen-bond donors (Lipinski definition) is 0. The van der Waals surface area contributed by atoms with E-state index in [0.29, 0.717) is 6.04 Å². The quantitative estimate of drug-likeness (QED) is 0.762. The first kappa shape index (κ1) is 10.1. The van der Waals surface area contributed by atoms with Crippen molar-refractivity contribution in [1.29, 1.82) is 0 Å². The van der Waals surface area contributed by atoms with Crippen LogP contribution >= 0.6 is 15.9 Å². The van der Waals surface area contributed by atoms with Crippen molar-refractivity contribution in [2.75, 3.05) is 0 Å². The summed E-state index contributed by atoms with van der Waals surface area (Å²) in [5, 5.41) is 1.07. The lowest BCUT2D eigenvalue weighted by molar-refractivity contribution is 0.101. The van der Waals surface area contributed by atoms with Gasteiger partial charge in [-0.05, 0) is 31.9 Å². The fraction of sp³-hybridized carbons (Fsp3) is 0.308. The molecule has 0 amide bonds. The summed E-state index contributed by atoms with van der Waals surface area (Å²) in [7, 11) is 0. The molecule has 0 N–H and O–H groups in total. The van der Waals surface area contributed by atoms with Crippen molar-refractivity contribution in [1.82, 2.24) is 4.57 Å². The third kappa shape index (κ3) is 1.50. The monoisotopic (exact) mass is 277 g/mol. The smallest absolute Gasteiger partial charge is 0.161 e. The molecule has 1 aliphatic carbocycles. The van der Waals surface area contributed by atoms with Crippen molar-refractivity contribution in [2.45, 2.75) is 25.8 Å². The average molecular weight is 278 g/mol. The molecule has 1 aliphatic rings. The summed E-state index contributed by atoms with van der Waals surface area (Å²) in [6, 6.07) is 6.71. The van der Waals surface area contributed by atoms with Crippen LogP contribution in [0.3, 0.4) is 0 Å². The van der Waals surface area contributed by atoms with Crippen molar-refractivity contribution in [3.63, 3.8) is 0 Å². The normalized spacial score (nSPS) is 15.6. The fourth-order valence-corrected chi connectivity index (χ4v) is 2.51. The van der Waals surface area contributed by atoms with E-state index in [2.05, 4.69) is 26.6 Å². The Kier molecular flexibility index (Phi) is 2.18. The summed E-state index contributed by atoms with van der Waals surface area (Å²) >= 11 is 3.48. The second-order valence-corrected chi connectivity index (χ2v) is 5.31. The summed E-state index contributed by atoms with van der Waals surface area (Å²) in [5.41, 5.74) is 2.01. The number of aromatic nitrogens is 1. The highest BCUT2D eigenvalue weighted by Gasteiger charge is 2.26. The molecule has 82 valence electrons. The van der Waals surface area contributed by atoms with Gasteiger partial charge < -0.3 is 4.57 Å². The van der Waals surface area contributed by atoms with E-state index < -0.39 is 0 Å². The number of rotatable bonds is 2.